The molecule has 8 heteroatoms. The van der Waals surface area contributed by atoms with E-state index in [1.807, 2.05) is 13.8 Å². The largest absolute Gasteiger partial charge is 0.506 e. The van der Waals surface area contributed by atoms with Crippen molar-refractivity contribution in [1.29, 1.82) is 0 Å². The number of hydrogen-bond acceptors (Lipinski definition) is 6. The Balaban J connectivity index is 1.78. The number of anilines is 2. The molecular formula is C22H21ClN2O5. The number of rotatable bonds is 7. The molecule has 2 aromatic carbocycles. The van der Waals surface area contributed by atoms with Gasteiger partial charge in [0.15, 0.2) is 0 Å². The molecule has 1 aliphatic rings. The average Bonchev–Trinajstić information content (AvgIpc) is 2.94. The number of aromatic hydroxyl groups is 1. The Hall–Kier alpha value is -3.32. The minimum Gasteiger partial charge on any atom is -0.506 e. The van der Waals surface area contributed by atoms with E-state index >= 15 is 0 Å². The number of phenolic OH excluding ortho intramolecular Hbond substituents is 1. The molecule has 0 saturated carbocycles. The summed E-state index contributed by atoms with van der Waals surface area (Å²) in [6.07, 6.45) is 1.69. The summed E-state index contributed by atoms with van der Waals surface area (Å²) in [4.78, 5) is 38.4. The third-order valence-corrected chi connectivity index (χ3v) is 4.88. The third-order valence-electron chi connectivity index (χ3n) is 4.53. The van der Waals surface area contributed by atoms with Crippen LogP contribution in [-0.4, -0.2) is 29.5 Å². The van der Waals surface area contributed by atoms with E-state index in [-0.39, 0.29) is 27.9 Å². The fourth-order valence-electron chi connectivity index (χ4n) is 2.87. The van der Waals surface area contributed by atoms with Crippen molar-refractivity contribution in [2.24, 2.45) is 0 Å². The van der Waals surface area contributed by atoms with E-state index in [0.717, 1.165) is 23.3 Å². The first kappa shape index (κ1) is 21.4. The van der Waals surface area contributed by atoms with Crippen LogP contribution >= 0.6 is 11.6 Å². The maximum atomic E-state index is 12.8. The molecule has 0 aliphatic carbocycles. The molecule has 7 nitrogen and oxygen atoms in total. The van der Waals surface area contributed by atoms with E-state index in [1.165, 1.54) is 30.3 Å². The Morgan fingerprint density at radius 1 is 1.13 bits per heavy atom. The van der Waals surface area contributed by atoms with Crippen LogP contribution in [0.2, 0.25) is 0 Å². The summed E-state index contributed by atoms with van der Waals surface area (Å²) < 4.78 is 5.15. The summed E-state index contributed by atoms with van der Waals surface area (Å²) in [5.41, 5.74) is 1.55. The van der Waals surface area contributed by atoms with Gasteiger partial charge in [-0.2, -0.15) is 0 Å². The van der Waals surface area contributed by atoms with Crippen LogP contribution in [-0.2, 0) is 14.3 Å². The predicted molar refractivity (Wildman–Crippen MR) is 113 cm³/mol. The number of benzene rings is 2. The number of unbranched alkanes of at least 4 members (excludes halogenated alkanes) is 1. The molecule has 0 radical (unpaired) electrons. The zero-order chi connectivity index (χ0) is 21.8. The fraction of sp³-hybridized carbons (Fsp3) is 0.227. The third kappa shape index (κ3) is 4.31. The molecular weight excluding hydrogens is 408 g/mol. The van der Waals surface area contributed by atoms with Crippen molar-refractivity contribution < 1.29 is 24.2 Å². The van der Waals surface area contributed by atoms with Crippen LogP contribution in [0.15, 0.2) is 53.2 Å². The van der Waals surface area contributed by atoms with Crippen LogP contribution in [0.1, 0.15) is 35.7 Å². The molecule has 2 aromatic rings. The topological polar surface area (TPSA) is 95.9 Å². The lowest BCUT2D eigenvalue weighted by molar-refractivity contribution is -0.120. The molecule has 0 aromatic heterocycles. The number of esters is 1. The van der Waals surface area contributed by atoms with Crippen LogP contribution in [0.3, 0.4) is 0 Å². The van der Waals surface area contributed by atoms with Crippen LogP contribution in [0.5, 0.6) is 5.75 Å². The first-order valence-corrected chi connectivity index (χ1v) is 9.83. The number of halogens is 1. The fourth-order valence-corrected chi connectivity index (χ4v) is 3.08. The van der Waals surface area contributed by atoms with Crippen LogP contribution in [0.4, 0.5) is 11.4 Å². The number of nitrogens with one attached hydrogen (secondary N) is 1. The van der Waals surface area contributed by atoms with E-state index in [0.29, 0.717) is 12.2 Å². The predicted octanol–water partition coefficient (Wildman–Crippen LogP) is 4.09. The molecule has 30 heavy (non-hydrogen) atoms. The van der Waals surface area contributed by atoms with E-state index in [9.17, 15) is 19.5 Å². The Kier molecular flexibility index (Phi) is 6.42. The summed E-state index contributed by atoms with van der Waals surface area (Å²) in [6, 6.07) is 10.7. The first-order valence-electron chi connectivity index (χ1n) is 9.46. The molecule has 2 N–H and O–H groups in total. The average molecular weight is 429 g/mol. The lowest BCUT2D eigenvalue weighted by Crippen LogP contribution is -2.32. The molecule has 0 fully saturated rings. The Morgan fingerprint density at radius 3 is 2.50 bits per heavy atom. The number of carbonyl (C=O) groups excluding carboxylic acids is 3. The van der Waals surface area contributed by atoms with Crippen molar-refractivity contribution in [2.45, 2.75) is 26.7 Å². The van der Waals surface area contributed by atoms with Gasteiger partial charge in [-0.15, -0.1) is 0 Å². The zero-order valence-corrected chi connectivity index (χ0v) is 17.3. The van der Waals surface area contributed by atoms with Gasteiger partial charge in [0.2, 0.25) is 0 Å². The second-order valence-electron chi connectivity index (χ2n) is 6.82. The van der Waals surface area contributed by atoms with Gasteiger partial charge in [0.05, 0.1) is 23.5 Å². The number of imide groups is 1. The lowest BCUT2D eigenvalue weighted by Gasteiger charge is -2.16. The van der Waals surface area contributed by atoms with Gasteiger partial charge in [-0.1, -0.05) is 31.0 Å². The highest BCUT2D eigenvalue weighted by atomic mass is 35.5. The number of amides is 2. The van der Waals surface area contributed by atoms with Crippen molar-refractivity contribution in [2.75, 3.05) is 16.8 Å². The van der Waals surface area contributed by atoms with Gasteiger partial charge in [0, 0.05) is 0 Å². The molecule has 2 amide bonds. The van der Waals surface area contributed by atoms with Gasteiger partial charge in [-0.25, -0.2) is 9.69 Å². The number of carbonyl (C=O) groups is 3. The number of aryl methyl sites for hydroxylation is 1. The highest BCUT2D eigenvalue weighted by molar-refractivity contribution is 6.53. The Labute approximate surface area is 178 Å². The standard InChI is InChI=1S/C22H21ClN2O5/c1-3-4-11-30-22(29)14-6-8-15(9-7-14)25-20(27)18(23)19(21(25)28)24-16-12-13(2)5-10-17(16)26/h5-10,12,24,26H,3-4,11H2,1-2H3. The van der Waals surface area contributed by atoms with Crippen molar-refractivity contribution in [3.8, 4) is 5.75 Å². The number of nitrogens with zero attached hydrogens (tertiary/aromatic N) is 1. The van der Waals surface area contributed by atoms with Crippen LogP contribution in [0.25, 0.3) is 0 Å². The van der Waals surface area contributed by atoms with Crippen molar-refractivity contribution >= 4 is 40.8 Å². The molecule has 0 unspecified atom stereocenters. The van der Waals surface area contributed by atoms with E-state index < -0.39 is 17.8 Å². The Bertz CT molecular complexity index is 1030. The molecule has 0 spiro atoms. The van der Waals surface area contributed by atoms with Gasteiger partial charge in [-0.05, 0) is 55.3 Å². The maximum Gasteiger partial charge on any atom is 0.338 e. The number of hydrogen-bond donors (Lipinski definition) is 2. The zero-order valence-electron chi connectivity index (χ0n) is 16.6. The highest BCUT2D eigenvalue weighted by Gasteiger charge is 2.39. The quantitative estimate of drug-likeness (QED) is 0.298. The summed E-state index contributed by atoms with van der Waals surface area (Å²) in [5, 5.41) is 12.5. The van der Waals surface area contributed by atoms with Gasteiger partial charge in [-0.3, -0.25) is 9.59 Å². The number of ether oxygens (including phenoxy) is 1. The van der Waals surface area contributed by atoms with Crippen molar-refractivity contribution in [3.63, 3.8) is 0 Å². The van der Waals surface area contributed by atoms with Crippen LogP contribution < -0.4 is 10.2 Å². The normalized spacial score (nSPS) is 13.8. The SMILES string of the molecule is CCCCOC(=O)c1ccc(N2C(=O)C(Cl)=C(Nc3cc(C)ccc3O)C2=O)cc1. The summed E-state index contributed by atoms with van der Waals surface area (Å²) >= 11 is 6.11. The molecule has 3 rings (SSSR count). The van der Waals surface area contributed by atoms with Gasteiger partial charge in [0.1, 0.15) is 16.5 Å². The maximum absolute atomic E-state index is 12.8. The summed E-state index contributed by atoms with van der Waals surface area (Å²) in [6.45, 7) is 4.15. The molecule has 1 aliphatic heterocycles. The smallest absolute Gasteiger partial charge is 0.338 e. The second-order valence-corrected chi connectivity index (χ2v) is 7.19. The van der Waals surface area contributed by atoms with Crippen molar-refractivity contribution in [1.82, 2.24) is 0 Å². The molecule has 1 heterocycles. The van der Waals surface area contributed by atoms with Gasteiger partial charge >= 0.3 is 5.97 Å². The molecule has 0 saturated heterocycles. The van der Waals surface area contributed by atoms with Crippen LogP contribution in [0, 0.1) is 6.92 Å². The lowest BCUT2D eigenvalue weighted by atomic mass is 10.2. The first-order chi connectivity index (χ1) is 14.3. The molecule has 156 valence electrons. The monoisotopic (exact) mass is 428 g/mol. The van der Waals surface area contributed by atoms with Gasteiger partial charge in [0.25, 0.3) is 11.8 Å². The number of phenols is 1. The minimum absolute atomic E-state index is 0.0813. The molecule has 0 atom stereocenters. The van der Waals surface area contributed by atoms with Gasteiger partial charge < -0.3 is 15.2 Å². The van der Waals surface area contributed by atoms with E-state index in [4.69, 9.17) is 16.3 Å². The summed E-state index contributed by atoms with van der Waals surface area (Å²) in [5.74, 6) is -1.91. The highest BCUT2D eigenvalue weighted by Crippen LogP contribution is 2.33. The summed E-state index contributed by atoms with van der Waals surface area (Å²) in [7, 11) is 0. The second kappa shape index (κ2) is 9.00. The van der Waals surface area contributed by atoms with E-state index in [2.05, 4.69) is 5.32 Å². The van der Waals surface area contributed by atoms with E-state index in [1.54, 1.807) is 12.1 Å². The van der Waals surface area contributed by atoms with Crippen molar-refractivity contribution in [3.05, 3.63) is 64.3 Å². The molecule has 0 bridgehead atoms. The Morgan fingerprint density at radius 2 is 1.83 bits per heavy atom. The minimum atomic E-state index is -0.699.